The molecule has 1 unspecified atom stereocenters. The number of hydrogen-bond acceptors (Lipinski definition) is 4. The van der Waals surface area contributed by atoms with Crippen LogP contribution in [0.25, 0.3) is 11.4 Å². The number of anilines is 2. The minimum absolute atomic E-state index is 0.318. The molecule has 2 heterocycles. The maximum Gasteiger partial charge on any atom is 0.255 e. The predicted octanol–water partition coefficient (Wildman–Crippen LogP) is 6.32. The molecule has 6 nitrogen and oxygen atoms in total. The van der Waals surface area contributed by atoms with Crippen molar-refractivity contribution < 1.29 is 9.18 Å². The zero-order valence-electron chi connectivity index (χ0n) is 17.9. The third-order valence-corrected chi connectivity index (χ3v) is 6.34. The summed E-state index contributed by atoms with van der Waals surface area (Å²) in [5.41, 5.74) is 2.90. The summed E-state index contributed by atoms with van der Waals surface area (Å²) >= 11 is 12.9. The normalized spacial score (nSPS) is 15.0. The molecule has 1 aromatic heterocycles. The largest absolute Gasteiger partial charge is 0.328 e. The Morgan fingerprint density at radius 1 is 1.03 bits per heavy atom. The molecular weight excluding hydrogens is 476 g/mol. The van der Waals surface area contributed by atoms with Crippen molar-refractivity contribution in [2.45, 2.75) is 13.0 Å². The second kappa shape index (κ2) is 8.93. The number of benzene rings is 3. The van der Waals surface area contributed by atoms with E-state index < -0.39 is 6.04 Å². The summed E-state index contributed by atoms with van der Waals surface area (Å²) in [7, 11) is 0. The van der Waals surface area contributed by atoms with Gasteiger partial charge in [0.1, 0.15) is 11.9 Å². The van der Waals surface area contributed by atoms with Gasteiger partial charge < -0.3 is 10.6 Å². The van der Waals surface area contributed by atoms with Gasteiger partial charge in [-0.05, 0) is 49.4 Å². The van der Waals surface area contributed by atoms with Crippen molar-refractivity contribution in [3.8, 4) is 11.4 Å². The van der Waals surface area contributed by atoms with Gasteiger partial charge in [-0.2, -0.15) is 4.98 Å². The monoisotopic (exact) mass is 493 g/mol. The molecule has 0 saturated carbocycles. The fraction of sp³-hybridized carbons (Fsp3) is 0.0800. The first-order valence-corrected chi connectivity index (χ1v) is 11.2. The van der Waals surface area contributed by atoms with Crippen LogP contribution in [0.5, 0.6) is 0 Å². The van der Waals surface area contributed by atoms with E-state index >= 15 is 0 Å². The highest BCUT2D eigenvalue weighted by atomic mass is 35.5. The van der Waals surface area contributed by atoms with Gasteiger partial charge in [-0.25, -0.2) is 9.07 Å². The average molecular weight is 494 g/mol. The van der Waals surface area contributed by atoms with Gasteiger partial charge in [-0.15, -0.1) is 5.10 Å². The van der Waals surface area contributed by atoms with Gasteiger partial charge in [0.25, 0.3) is 5.91 Å². The van der Waals surface area contributed by atoms with Crippen molar-refractivity contribution in [3.05, 3.63) is 105 Å². The highest BCUT2D eigenvalue weighted by Gasteiger charge is 2.36. The Kier molecular flexibility index (Phi) is 5.81. The van der Waals surface area contributed by atoms with Crippen molar-refractivity contribution in [1.29, 1.82) is 0 Å². The van der Waals surface area contributed by atoms with Gasteiger partial charge in [0.2, 0.25) is 5.95 Å². The Labute approximate surface area is 205 Å². The number of amides is 1. The summed E-state index contributed by atoms with van der Waals surface area (Å²) in [6.07, 6.45) is 0. The third-order valence-electron chi connectivity index (χ3n) is 5.51. The lowest BCUT2D eigenvalue weighted by Gasteiger charge is -2.29. The smallest absolute Gasteiger partial charge is 0.255 e. The number of halogens is 3. The van der Waals surface area contributed by atoms with Crippen LogP contribution in [-0.2, 0) is 4.79 Å². The molecule has 1 aliphatic heterocycles. The maximum absolute atomic E-state index is 13.5. The van der Waals surface area contributed by atoms with Crippen LogP contribution in [0.4, 0.5) is 16.0 Å². The molecule has 4 aromatic rings. The van der Waals surface area contributed by atoms with Crippen LogP contribution in [0.3, 0.4) is 0 Å². The Balaban J connectivity index is 1.64. The highest BCUT2D eigenvalue weighted by molar-refractivity contribution is 6.42. The van der Waals surface area contributed by atoms with E-state index in [0.717, 1.165) is 0 Å². The fourth-order valence-corrected chi connectivity index (χ4v) is 4.32. The predicted molar refractivity (Wildman–Crippen MR) is 131 cm³/mol. The number of carbonyl (C=O) groups excluding carboxylic acids is 1. The van der Waals surface area contributed by atoms with E-state index in [9.17, 15) is 9.18 Å². The quantitative estimate of drug-likeness (QED) is 0.349. The third kappa shape index (κ3) is 4.04. The summed E-state index contributed by atoms with van der Waals surface area (Å²) in [5, 5.41) is 11.4. The van der Waals surface area contributed by atoms with Crippen molar-refractivity contribution in [2.75, 3.05) is 10.6 Å². The lowest BCUT2D eigenvalue weighted by atomic mass is 9.95. The van der Waals surface area contributed by atoms with Gasteiger partial charge in [-0.1, -0.05) is 53.5 Å². The molecule has 0 radical (unpaired) electrons. The number of rotatable bonds is 4. The molecule has 2 N–H and O–H groups in total. The Bertz CT molecular complexity index is 1420. The Morgan fingerprint density at radius 2 is 1.76 bits per heavy atom. The molecule has 1 atom stereocenters. The van der Waals surface area contributed by atoms with Crippen LogP contribution in [-0.4, -0.2) is 20.7 Å². The highest BCUT2D eigenvalue weighted by Crippen LogP contribution is 2.41. The molecule has 0 aliphatic carbocycles. The fourth-order valence-electron chi connectivity index (χ4n) is 3.91. The average Bonchev–Trinajstić information content (AvgIpc) is 3.25. The minimum atomic E-state index is -0.701. The second-order valence-electron chi connectivity index (χ2n) is 7.74. The van der Waals surface area contributed by atoms with Crippen LogP contribution >= 0.6 is 23.2 Å². The molecule has 0 spiro atoms. The molecule has 9 heteroatoms. The lowest BCUT2D eigenvalue weighted by Crippen LogP contribution is -2.31. The van der Waals surface area contributed by atoms with E-state index in [4.69, 9.17) is 23.2 Å². The number of fused-ring (bicyclic) bond motifs is 1. The molecule has 3 aromatic carbocycles. The minimum Gasteiger partial charge on any atom is -0.328 e. The SMILES string of the molecule is CC1=C(C(=O)Nc2ccccc2)C(c2cccc(Cl)c2Cl)n2nc(-c3ccc(F)cc3)nc2N1. The number of aromatic nitrogens is 3. The second-order valence-corrected chi connectivity index (χ2v) is 8.53. The van der Waals surface area contributed by atoms with E-state index in [1.165, 1.54) is 12.1 Å². The van der Waals surface area contributed by atoms with Crippen molar-refractivity contribution in [2.24, 2.45) is 0 Å². The first kappa shape index (κ1) is 22.1. The number of hydrogen-bond donors (Lipinski definition) is 2. The van der Waals surface area contributed by atoms with E-state index in [1.54, 1.807) is 54.1 Å². The molecule has 0 bridgehead atoms. The van der Waals surface area contributed by atoms with Crippen LogP contribution in [0, 0.1) is 5.82 Å². The summed E-state index contributed by atoms with van der Waals surface area (Å²) in [6, 6.07) is 19.6. The van der Waals surface area contributed by atoms with Gasteiger partial charge in [0.15, 0.2) is 5.82 Å². The molecule has 0 saturated heterocycles. The van der Waals surface area contributed by atoms with Crippen molar-refractivity contribution >= 4 is 40.7 Å². The van der Waals surface area contributed by atoms with Crippen LogP contribution < -0.4 is 10.6 Å². The zero-order valence-corrected chi connectivity index (χ0v) is 19.4. The molecule has 5 rings (SSSR count). The topological polar surface area (TPSA) is 71.8 Å². The standard InChI is InChI=1S/C25H18Cl2FN5O/c1-14-20(24(34)30-17-6-3-2-4-7-17)22(18-8-5-9-19(26)21(18)27)33-25(29-14)31-23(32-33)15-10-12-16(28)13-11-15/h2-13,22H,1H3,(H,30,34)(H,29,31,32). The molecule has 0 fully saturated rings. The van der Waals surface area contributed by atoms with Gasteiger partial charge in [0.05, 0.1) is 15.6 Å². The van der Waals surface area contributed by atoms with E-state index in [0.29, 0.717) is 49.9 Å². The van der Waals surface area contributed by atoms with Crippen LogP contribution in [0.1, 0.15) is 18.5 Å². The summed E-state index contributed by atoms with van der Waals surface area (Å²) in [6.45, 7) is 1.79. The number of nitrogens with one attached hydrogen (secondary N) is 2. The van der Waals surface area contributed by atoms with Crippen molar-refractivity contribution in [3.63, 3.8) is 0 Å². The van der Waals surface area contributed by atoms with Gasteiger partial charge >= 0.3 is 0 Å². The summed E-state index contributed by atoms with van der Waals surface area (Å²) in [4.78, 5) is 18.1. The molecule has 1 aliphatic rings. The van der Waals surface area contributed by atoms with Gasteiger partial charge in [-0.3, -0.25) is 4.79 Å². The number of carbonyl (C=O) groups is 1. The van der Waals surface area contributed by atoms with Gasteiger partial charge in [0, 0.05) is 22.5 Å². The van der Waals surface area contributed by atoms with Crippen LogP contribution in [0.2, 0.25) is 10.0 Å². The van der Waals surface area contributed by atoms with E-state index in [1.807, 2.05) is 18.2 Å². The van der Waals surface area contributed by atoms with Crippen LogP contribution in [0.15, 0.2) is 84.1 Å². The number of para-hydroxylation sites is 1. The molecule has 170 valence electrons. The number of nitrogens with zero attached hydrogens (tertiary/aromatic N) is 3. The molecular formula is C25H18Cl2FN5O. The molecule has 1 amide bonds. The first-order valence-electron chi connectivity index (χ1n) is 10.4. The number of allylic oxidation sites excluding steroid dienone is 1. The first-order chi connectivity index (χ1) is 16.4. The van der Waals surface area contributed by atoms with E-state index in [2.05, 4.69) is 20.7 Å². The maximum atomic E-state index is 13.5. The van der Waals surface area contributed by atoms with E-state index in [-0.39, 0.29) is 11.7 Å². The Hall–Kier alpha value is -3.68. The lowest BCUT2D eigenvalue weighted by molar-refractivity contribution is -0.113. The molecule has 34 heavy (non-hydrogen) atoms. The summed E-state index contributed by atoms with van der Waals surface area (Å²) in [5.74, 6) is 0.130. The Morgan fingerprint density at radius 3 is 2.50 bits per heavy atom. The zero-order chi connectivity index (χ0) is 23.8. The van der Waals surface area contributed by atoms with Crippen molar-refractivity contribution in [1.82, 2.24) is 14.8 Å². The summed E-state index contributed by atoms with van der Waals surface area (Å²) < 4.78 is 15.0.